The van der Waals surface area contributed by atoms with Crippen molar-refractivity contribution in [1.29, 1.82) is 5.26 Å². The molecule has 0 aromatic carbocycles. The minimum atomic E-state index is -0.840. The van der Waals surface area contributed by atoms with E-state index in [-0.39, 0.29) is 23.0 Å². The zero-order chi connectivity index (χ0) is 29.2. The molecule has 3 saturated heterocycles. The first-order valence-corrected chi connectivity index (χ1v) is 15.3. The van der Waals surface area contributed by atoms with Gasteiger partial charge in [0.1, 0.15) is 29.7 Å². The highest BCUT2D eigenvalue weighted by Crippen LogP contribution is 2.52. The second kappa shape index (κ2) is 9.91. The van der Waals surface area contributed by atoms with Crippen molar-refractivity contribution >= 4 is 34.1 Å². The number of nitrogens with zero attached hydrogens (tertiary/aromatic N) is 8. The van der Waals surface area contributed by atoms with Crippen molar-refractivity contribution in [1.82, 2.24) is 24.8 Å². The monoisotopic (exact) mass is 590 g/mol. The van der Waals surface area contributed by atoms with E-state index >= 15 is 0 Å². The molecule has 0 amide bonds. The van der Waals surface area contributed by atoms with Gasteiger partial charge in [0.05, 0.1) is 17.1 Å². The zero-order valence-corrected chi connectivity index (χ0v) is 24.7. The molecule has 3 aromatic heterocycles. The van der Waals surface area contributed by atoms with Crippen LogP contribution in [-0.2, 0) is 11.8 Å². The van der Waals surface area contributed by atoms with Gasteiger partial charge in [-0.1, -0.05) is 6.07 Å². The SMILES string of the molecule is C[C@H](c1cccnc1N)N(C)c1nc(OC[C@@]23CCCN2C[C@H](F)C3)nc(N2CC3(CCc4sc(N)c(C#N)c43)C2)n1. The molecular formula is C29H35FN10OS. The lowest BCUT2D eigenvalue weighted by Crippen LogP contribution is -2.59. The lowest BCUT2D eigenvalue weighted by atomic mass is 9.74. The first kappa shape index (κ1) is 27.1. The van der Waals surface area contributed by atoms with E-state index in [0.717, 1.165) is 43.4 Å². The third-order valence-corrected chi connectivity index (χ3v) is 10.9. The Bertz CT molecular complexity index is 1570. The van der Waals surface area contributed by atoms with Crippen LogP contribution in [0, 0.1) is 11.3 Å². The van der Waals surface area contributed by atoms with Crippen molar-refractivity contribution in [2.75, 3.05) is 61.1 Å². The number of alkyl halides is 1. The fraction of sp³-hybridized carbons (Fsp3) is 0.552. The van der Waals surface area contributed by atoms with Gasteiger partial charge < -0.3 is 26.0 Å². The van der Waals surface area contributed by atoms with Crippen molar-refractivity contribution in [2.24, 2.45) is 0 Å². The van der Waals surface area contributed by atoms with Crippen molar-refractivity contribution in [3.8, 4) is 12.1 Å². The highest BCUT2D eigenvalue weighted by atomic mass is 32.1. The van der Waals surface area contributed by atoms with Crippen LogP contribution in [-0.4, -0.2) is 76.4 Å². The molecule has 1 spiro atoms. The number of fused-ring (bicyclic) bond motifs is 3. The highest BCUT2D eigenvalue weighted by molar-refractivity contribution is 7.16. The van der Waals surface area contributed by atoms with Crippen LogP contribution in [0.5, 0.6) is 6.01 Å². The number of aromatic nitrogens is 4. The summed E-state index contributed by atoms with van der Waals surface area (Å²) in [6, 6.07) is 6.20. The summed E-state index contributed by atoms with van der Waals surface area (Å²) >= 11 is 1.54. The second-order valence-electron chi connectivity index (χ2n) is 12.2. The second-order valence-corrected chi connectivity index (χ2v) is 13.4. The Kier molecular flexibility index (Phi) is 6.40. The molecule has 0 saturated carbocycles. The quantitative estimate of drug-likeness (QED) is 0.418. The van der Waals surface area contributed by atoms with Gasteiger partial charge in [-0.25, -0.2) is 9.37 Å². The number of ether oxygens (including phenoxy) is 1. The third kappa shape index (κ3) is 4.22. The Morgan fingerprint density at radius 3 is 2.90 bits per heavy atom. The van der Waals surface area contributed by atoms with Crippen LogP contribution in [0.15, 0.2) is 18.3 Å². The van der Waals surface area contributed by atoms with Crippen molar-refractivity contribution in [3.05, 3.63) is 39.9 Å². The number of halogens is 1. The number of nitrogens with two attached hydrogens (primary N) is 2. The molecule has 13 heteroatoms. The third-order valence-electron chi connectivity index (χ3n) is 9.79. The first-order chi connectivity index (χ1) is 20.2. The summed E-state index contributed by atoms with van der Waals surface area (Å²) in [4.78, 5) is 26.1. The normalized spacial score (nSPS) is 24.7. The number of hydrogen-bond acceptors (Lipinski definition) is 12. The van der Waals surface area contributed by atoms with Gasteiger partial charge in [0.25, 0.3) is 0 Å². The maximum Gasteiger partial charge on any atom is 0.323 e. The number of aryl methyl sites for hydroxylation is 1. The van der Waals surface area contributed by atoms with Gasteiger partial charge >= 0.3 is 6.01 Å². The average Bonchev–Trinajstić information content (AvgIpc) is 3.68. The van der Waals surface area contributed by atoms with Gasteiger partial charge in [0.15, 0.2) is 0 Å². The molecule has 3 fully saturated rings. The van der Waals surface area contributed by atoms with Crippen LogP contribution in [0.3, 0.4) is 0 Å². The molecule has 220 valence electrons. The first-order valence-electron chi connectivity index (χ1n) is 14.5. The molecule has 0 unspecified atom stereocenters. The van der Waals surface area contributed by atoms with Crippen LogP contribution >= 0.6 is 11.3 Å². The molecule has 3 atom stereocenters. The van der Waals surface area contributed by atoms with Gasteiger partial charge in [-0.2, -0.15) is 20.2 Å². The van der Waals surface area contributed by atoms with E-state index in [2.05, 4.69) is 20.9 Å². The molecule has 4 aliphatic rings. The van der Waals surface area contributed by atoms with Crippen molar-refractivity contribution in [2.45, 2.75) is 62.2 Å². The number of thiophene rings is 1. The van der Waals surface area contributed by atoms with E-state index < -0.39 is 6.17 Å². The van der Waals surface area contributed by atoms with Gasteiger partial charge in [0, 0.05) is 55.2 Å². The molecular weight excluding hydrogens is 555 g/mol. The summed E-state index contributed by atoms with van der Waals surface area (Å²) in [7, 11) is 1.91. The topological polar surface area (TPSA) is 146 Å². The summed E-state index contributed by atoms with van der Waals surface area (Å²) in [6.07, 6.45) is 5.13. The Hall–Kier alpha value is -3.76. The van der Waals surface area contributed by atoms with Crippen LogP contribution in [0.2, 0.25) is 0 Å². The van der Waals surface area contributed by atoms with E-state index in [1.54, 1.807) is 6.20 Å². The molecule has 0 radical (unpaired) electrons. The summed E-state index contributed by atoms with van der Waals surface area (Å²) < 4.78 is 20.7. The van der Waals surface area contributed by atoms with Gasteiger partial charge in [0.2, 0.25) is 11.9 Å². The van der Waals surface area contributed by atoms with E-state index in [0.29, 0.717) is 60.9 Å². The minimum Gasteiger partial charge on any atom is -0.461 e. The molecule has 4 N–H and O–H groups in total. The van der Waals surface area contributed by atoms with Crippen LogP contribution in [0.1, 0.15) is 60.2 Å². The summed E-state index contributed by atoms with van der Waals surface area (Å²) in [5.41, 5.74) is 14.5. The maximum absolute atomic E-state index is 14.4. The predicted molar refractivity (Wildman–Crippen MR) is 159 cm³/mol. The smallest absolute Gasteiger partial charge is 0.323 e. The molecule has 7 rings (SSSR count). The standard InChI is InChI=1S/C29H35FN10OS/c1-17(19-5-3-9-34-23(19)32)38(2)25-35-26(37-27(36-25)41-16-29-7-4-10-40(29)13-18(30)11-29)39-14-28(15-39)8-6-21-22(28)20(12-31)24(33)42-21/h3,5,9,17-18H,4,6-8,10-11,13-16,33H2,1-2H3,(H2,32,34)/t17-,18-,29+/m1/s1. The lowest BCUT2D eigenvalue weighted by molar-refractivity contribution is 0.107. The summed E-state index contributed by atoms with van der Waals surface area (Å²) in [6.45, 7) is 5.07. The van der Waals surface area contributed by atoms with E-state index in [4.69, 9.17) is 31.2 Å². The number of hydrogen-bond donors (Lipinski definition) is 2. The van der Waals surface area contributed by atoms with Gasteiger partial charge in [-0.15, -0.1) is 11.3 Å². The average molecular weight is 591 g/mol. The minimum absolute atomic E-state index is 0.130. The van der Waals surface area contributed by atoms with E-state index in [1.165, 1.54) is 16.2 Å². The van der Waals surface area contributed by atoms with Crippen molar-refractivity contribution in [3.63, 3.8) is 0 Å². The van der Waals surface area contributed by atoms with Crippen LogP contribution in [0.25, 0.3) is 0 Å². The summed E-state index contributed by atoms with van der Waals surface area (Å²) in [5, 5.41) is 10.4. The number of rotatable bonds is 7. The van der Waals surface area contributed by atoms with Gasteiger partial charge in [-0.05, 0) is 50.8 Å². The van der Waals surface area contributed by atoms with Crippen LogP contribution < -0.4 is 26.0 Å². The van der Waals surface area contributed by atoms with Crippen molar-refractivity contribution < 1.29 is 9.13 Å². The predicted octanol–water partition coefficient (Wildman–Crippen LogP) is 3.22. The van der Waals surface area contributed by atoms with E-state index in [9.17, 15) is 9.65 Å². The molecule has 3 aromatic rings. The number of pyridine rings is 1. The maximum atomic E-state index is 14.4. The molecule has 6 heterocycles. The highest BCUT2D eigenvalue weighted by Gasteiger charge is 2.52. The Balaban J connectivity index is 1.19. The Morgan fingerprint density at radius 1 is 1.29 bits per heavy atom. The molecule has 3 aliphatic heterocycles. The van der Waals surface area contributed by atoms with E-state index in [1.807, 2.05) is 31.0 Å². The zero-order valence-electron chi connectivity index (χ0n) is 23.9. The molecule has 42 heavy (non-hydrogen) atoms. The summed E-state index contributed by atoms with van der Waals surface area (Å²) in [5.74, 6) is 1.42. The fourth-order valence-electron chi connectivity index (χ4n) is 7.48. The van der Waals surface area contributed by atoms with Crippen LogP contribution in [0.4, 0.5) is 27.1 Å². The Labute approximate surface area is 248 Å². The Morgan fingerprint density at radius 2 is 2.12 bits per heavy atom. The largest absolute Gasteiger partial charge is 0.461 e. The van der Waals surface area contributed by atoms with Gasteiger partial charge in [-0.3, -0.25) is 4.90 Å². The molecule has 0 bridgehead atoms. The number of nitriles is 1. The number of anilines is 4. The molecule has 1 aliphatic carbocycles. The molecule has 11 nitrogen and oxygen atoms in total. The number of nitrogen functional groups attached to an aromatic ring is 2. The lowest BCUT2D eigenvalue weighted by Gasteiger charge is -2.48. The fourth-order valence-corrected chi connectivity index (χ4v) is 8.62.